The molecule has 0 spiro atoms. The maximum Gasteiger partial charge on any atom is 0.105 e. The molecule has 15 heavy (non-hydrogen) atoms. The molecule has 2 unspecified atom stereocenters. The van der Waals surface area contributed by atoms with Crippen LogP contribution in [-0.2, 0) is 0 Å². The van der Waals surface area contributed by atoms with Crippen molar-refractivity contribution < 1.29 is 10.2 Å². The van der Waals surface area contributed by atoms with Gasteiger partial charge in [-0.05, 0) is 37.7 Å². The van der Waals surface area contributed by atoms with E-state index in [2.05, 4.69) is 5.32 Å². The van der Waals surface area contributed by atoms with Crippen LogP contribution in [0.5, 0.6) is 0 Å². The lowest BCUT2D eigenvalue weighted by Gasteiger charge is -2.18. The molecule has 0 fully saturated rings. The van der Waals surface area contributed by atoms with Gasteiger partial charge in [-0.1, -0.05) is 12.1 Å². The summed E-state index contributed by atoms with van der Waals surface area (Å²) < 4.78 is 0. The van der Waals surface area contributed by atoms with E-state index < -0.39 is 12.2 Å². The minimum Gasteiger partial charge on any atom is -0.399 e. The van der Waals surface area contributed by atoms with E-state index in [1.165, 1.54) is 0 Å². The van der Waals surface area contributed by atoms with Gasteiger partial charge in [0.15, 0.2) is 0 Å². The summed E-state index contributed by atoms with van der Waals surface area (Å²) in [5.41, 5.74) is 6.87. The van der Waals surface area contributed by atoms with Crippen molar-refractivity contribution in [2.75, 3.05) is 19.3 Å². The van der Waals surface area contributed by atoms with Crippen molar-refractivity contribution in [1.29, 1.82) is 0 Å². The lowest BCUT2D eigenvalue weighted by atomic mass is 10.0. The zero-order valence-corrected chi connectivity index (χ0v) is 8.85. The zero-order chi connectivity index (χ0) is 11.3. The highest BCUT2D eigenvalue weighted by Gasteiger charge is 2.17. The second-order valence-corrected chi connectivity index (χ2v) is 3.57. The quantitative estimate of drug-likeness (QED) is 0.526. The number of aliphatic hydroxyl groups excluding tert-OH is 2. The van der Waals surface area contributed by atoms with Gasteiger partial charge < -0.3 is 21.3 Å². The summed E-state index contributed by atoms with van der Waals surface area (Å²) in [5.74, 6) is 0. The maximum atomic E-state index is 9.79. The van der Waals surface area contributed by atoms with Crippen molar-refractivity contribution in [1.82, 2.24) is 5.32 Å². The van der Waals surface area contributed by atoms with Crippen LogP contribution in [0.15, 0.2) is 24.3 Å². The second kappa shape index (κ2) is 5.70. The first-order chi connectivity index (χ1) is 7.15. The molecule has 1 rings (SSSR count). The molecule has 4 heteroatoms. The molecule has 2 atom stereocenters. The second-order valence-electron chi connectivity index (χ2n) is 3.57. The first-order valence-corrected chi connectivity index (χ1v) is 5.01. The van der Waals surface area contributed by atoms with Crippen LogP contribution >= 0.6 is 0 Å². The van der Waals surface area contributed by atoms with Crippen LogP contribution in [0.1, 0.15) is 18.1 Å². The van der Waals surface area contributed by atoms with Gasteiger partial charge in [0.05, 0.1) is 6.10 Å². The highest BCUT2D eigenvalue weighted by molar-refractivity contribution is 5.39. The minimum absolute atomic E-state index is 0.516. The molecule has 0 aliphatic carbocycles. The fourth-order valence-electron chi connectivity index (χ4n) is 1.37. The van der Waals surface area contributed by atoms with Crippen LogP contribution < -0.4 is 11.1 Å². The van der Waals surface area contributed by atoms with Gasteiger partial charge >= 0.3 is 0 Å². The number of nitrogens with two attached hydrogens (primary N) is 1. The molecule has 0 saturated heterocycles. The Hall–Kier alpha value is -1.10. The third-order valence-corrected chi connectivity index (χ3v) is 2.33. The number of nitrogens with one attached hydrogen (secondary N) is 1. The average molecular weight is 210 g/mol. The summed E-state index contributed by atoms with van der Waals surface area (Å²) in [6.45, 7) is 0.674. The first kappa shape index (κ1) is 12.0. The molecule has 1 aromatic rings. The van der Waals surface area contributed by atoms with Crippen LogP contribution in [0.2, 0.25) is 0 Å². The van der Waals surface area contributed by atoms with Crippen molar-refractivity contribution in [3.8, 4) is 0 Å². The van der Waals surface area contributed by atoms with Gasteiger partial charge in [0.25, 0.3) is 0 Å². The van der Waals surface area contributed by atoms with E-state index in [-0.39, 0.29) is 0 Å². The molecule has 0 bridgehead atoms. The highest BCUT2D eigenvalue weighted by atomic mass is 16.3. The number of benzene rings is 1. The Morgan fingerprint density at radius 3 is 2.40 bits per heavy atom. The minimum atomic E-state index is -0.848. The lowest BCUT2D eigenvalue weighted by molar-refractivity contribution is 0.0140. The summed E-state index contributed by atoms with van der Waals surface area (Å²) in [7, 11) is 1.81. The number of anilines is 1. The van der Waals surface area contributed by atoms with E-state index >= 15 is 0 Å². The van der Waals surface area contributed by atoms with Gasteiger partial charge in [0.1, 0.15) is 6.10 Å². The molecule has 0 saturated carbocycles. The number of aliphatic hydroxyl groups is 2. The number of hydrogen-bond donors (Lipinski definition) is 4. The maximum absolute atomic E-state index is 9.79. The van der Waals surface area contributed by atoms with Crippen molar-refractivity contribution in [2.45, 2.75) is 18.6 Å². The molecule has 1 aromatic carbocycles. The van der Waals surface area contributed by atoms with E-state index in [9.17, 15) is 10.2 Å². The largest absolute Gasteiger partial charge is 0.399 e. The molecule has 5 N–H and O–H groups in total. The van der Waals surface area contributed by atoms with E-state index in [1.54, 1.807) is 24.3 Å². The van der Waals surface area contributed by atoms with Crippen LogP contribution in [0, 0.1) is 0 Å². The summed E-state index contributed by atoms with van der Waals surface area (Å²) in [4.78, 5) is 0. The average Bonchev–Trinajstić information content (AvgIpc) is 2.26. The van der Waals surface area contributed by atoms with Crippen LogP contribution in [0.3, 0.4) is 0 Å². The van der Waals surface area contributed by atoms with E-state index in [1.807, 2.05) is 7.05 Å². The van der Waals surface area contributed by atoms with Crippen molar-refractivity contribution in [3.63, 3.8) is 0 Å². The Morgan fingerprint density at radius 2 is 1.87 bits per heavy atom. The molecular weight excluding hydrogens is 192 g/mol. The molecule has 0 aliphatic rings. The molecular formula is C11H18N2O2. The van der Waals surface area contributed by atoms with Crippen LogP contribution in [0.4, 0.5) is 5.69 Å². The van der Waals surface area contributed by atoms with Gasteiger partial charge in [0.2, 0.25) is 0 Å². The van der Waals surface area contributed by atoms with E-state index in [0.29, 0.717) is 24.2 Å². The summed E-state index contributed by atoms with van der Waals surface area (Å²) >= 11 is 0. The van der Waals surface area contributed by atoms with Crippen LogP contribution in [-0.4, -0.2) is 29.9 Å². The fraction of sp³-hybridized carbons (Fsp3) is 0.455. The van der Waals surface area contributed by atoms with Gasteiger partial charge in [-0.2, -0.15) is 0 Å². The standard InChI is InChI=1S/C11H18N2O2/c1-13-7-6-10(14)11(15)8-2-4-9(12)5-3-8/h2-5,10-11,13-15H,6-7,12H2,1H3. The Kier molecular flexibility index (Phi) is 4.55. The molecule has 4 nitrogen and oxygen atoms in total. The Balaban J connectivity index is 2.59. The topological polar surface area (TPSA) is 78.5 Å². The van der Waals surface area contributed by atoms with Crippen molar-refractivity contribution in [3.05, 3.63) is 29.8 Å². The van der Waals surface area contributed by atoms with E-state index in [4.69, 9.17) is 5.73 Å². The summed E-state index contributed by atoms with van der Waals surface area (Å²) in [6, 6.07) is 6.87. The van der Waals surface area contributed by atoms with E-state index in [0.717, 1.165) is 0 Å². The lowest BCUT2D eigenvalue weighted by Crippen LogP contribution is -2.23. The van der Waals surface area contributed by atoms with Gasteiger partial charge in [-0.15, -0.1) is 0 Å². The van der Waals surface area contributed by atoms with Crippen molar-refractivity contribution in [2.24, 2.45) is 0 Å². The zero-order valence-electron chi connectivity index (χ0n) is 8.85. The Labute approximate surface area is 89.7 Å². The van der Waals surface area contributed by atoms with Gasteiger partial charge in [-0.3, -0.25) is 0 Å². The van der Waals surface area contributed by atoms with Crippen molar-refractivity contribution >= 4 is 5.69 Å². The molecule has 0 radical (unpaired) electrons. The third kappa shape index (κ3) is 3.51. The molecule has 84 valence electrons. The molecule has 0 amide bonds. The smallest absolute Gasteiger partial charge is 0.105 e. The number of nitrogen functional groups attached to an aromatic ring is 1. The number of hydrogen-bond acceptors (Lipinski definition) is 4. The predicted molar refractivity (Wildman–Crippen MR) is 60.4 cm³/mol. The van der Waals surface area contributed by atoms with Crippen LogP contribution in [0.25, 0.3) is 0 Å². The normalized spacial score (nSPS) is 14.9. The highest BCUT2D eigenvalue weighted by Crippen LogP contribution is 2.19. The Bertz CT molecular complexity index is 287. The van der Waals surface area contributed by atoms with Gasteiger partial charge in [0, 0.05) is 5.69 Å². The third-order valence-electron chi connectivity index (χ3n) is 2.33. The SMILES string of the molecule is CNCCC(O)C(O)c1ccc(N)cc1. The first-order valence-electron chi connectivity index (χ1n) is 5.01. The summed E-state index contributed by atoms with van der Waals surface area (Å²) in [5, 5.41) is 22.4. The number of rotatable bonds is 5. The molecule has 0 heterocycles. The monoisotopic (exact) mass is 210 g/mol. The molecule has 0 aromatic heterocycles. The Morgan fingerprint density at radius 1 is 1.27 bits per heavy atom. The predicted octanol–water partition coefficient (Wildman–Crippen LogP) is 0.273. The van der Waals surface area contributed by atoms with Gasteiger partial charge in [-0.25, -0.2) is 0 Å². The molecule has 0 aliphatic heterocycles. The summed E-state index contributed by atoms with van der Waals surface area (Å²) in [6.07, 6.45) is -1.08. The fourth-order valence-corrected chi connectivity index (χ4v) is 1.37.